The first-order valence-corrected chi connectivity index (χ1v) is 11.8. The molecule has 9 heteroatoms. The highest BCUT2D eigenvalue weighted by atomic mass is 35.5. The maximum atomic E-state index is 13.2. The molecule has 2 aliphatic rings. The quantitative estimate of drug-likeness (QED) is 0.574. The van der Waals surface area contributed by atoms with Crippen molar-refractivity contribution in [3.63, 3.8) is 0 Å². The molecule has 1 aromatic heterocycles. The Bertz CT molecular complexity index is 1200. The van der Waals surface area contributed by atoms with Crippen LogP contribution in [-0.2, 0) is 29.1 Å². The number of carbonyl (C=O) groups is 2. The van der Waals surface area contributed by atoms with Crippen molar-refractivity contribution in [2.45, 2.75) is 32.6 Å². The molecule has 8 nitrogen and oxygen atoms in total. The Hall–Kier alpha value is -3.23. The van der Waals surface area contributed by atoms with Crippen LogP contribution in [0.5, 0.6) is 0 Å². The zero-order chi connectivity index (χ0) is 23.7. The summed E-state index contributed by atoms with van der Waals surface area (Å²) >= 11 is 5.98. The Kier molecular flexibility index (Phi) is 6.34. The number of piperazine rings is 1. The van der Waals surface area contributed by atoms with E-state index in [4.69, 9.17) is 16.3 Å². The van der Waals surface area contributed by atoms with Crippen LogP contribution in [-0.4, -0.2) is 62.8 Å². The molecule has 1 atom stereocenters. The third-order valence-corrected chi connectivity index (χ3v) is 6.82. The summed E-state index contributed by atoms with van der Waals surface area (Å²) < 4.78 is 7.76. The van der Waals surface area contributed by atoms with Crippen LogP contribution in [0.15, 0.2) is 48.5 Å². The molecule has 1 fully saturated rings. The minimum atomic E-state index is -0.169. The largest absolute Gasteiger partial charge is 0.365 e. The van der Waals surface area contributed by atoms with E-state index in [9.17, 15) is 9.59 Å². The lowest BCUT2D eigenvalue weighted by Crippen LogP contribution is -2.51. The molecule has 5 rings (SSSR count). The average molecular weight is 480 g/mol. The highest BCUT2D eigenvalue weighted by Gasteiger charge is 2.32. The number of hydrogen-bond donors (Lipinski definition) is 0. The minimum absolute atomic E-state index is 0.0871. The van der Waals surface area contributed by atoms with E-state index in [1.807, 2.05) is 60.4 Å². The zero-order valence-corrected chi connectivity index (χ0v) is 19.7. The summed E-state index contributed by atoms with van der Waals surface area (Å²) in [5.41, 5.74) is 4.17. The summed E-state index contributed by atoms with van der Waals surface area (Å²) in [5, 5.41) is 9.06. The lowest BCUT2D eigenvalue weighted by atomic mass is 10.1. The topological polar surface area (TPSA) is 80.6 Å². The molecule has 1 saturated heterocycles. The van der Waals surface area contributed by atoms with E-state index in [0.717, 1.165) is 16.7 Å². The molecule has 2 aliphatic heterocycles. The van der Waals surface area contributed by atoms with Crippen molar-refractivity contribution in [2.75, 3.05) is 26.2 Å². The van der Waals surface area contributed by atoms with Crippen LogP contribution in [0.2, 0.25) is 5.02 Å². The van der Waals surface area contributed by atoms with Gasteiger partial charge in [-0.1, -0.05) is 53.2 Å². The summed E-state index contributed by atoms with van der Waals surface area (Å²) in [4.78, 5) is 29.5. The van der Waals surface area contributed by atoms with Crippen LogP contribution in [0.3, 0.4) is 0 Å². The molecule has 0 aliphatic carbocycles. The number of aromatic nitrogens is 3. The first kappa shape index (κ1) is 22.6. The van der Waals surface area contributed by atoms with Crippen LogP contribution in [0, 0.1) is 6.92 Å². The number of fused-ring (bicyclic) bond motifs is 1. The van der Waals surface area contributed by atoms with Gasteiger partial charge in [-0.15, -0.1) is 5.10 Å². The van der Waals surface area contributed by atoms with Gasteiger partial charge in [0.05, 0.1) is 25.3 Å². The second-order valence-electron chi connectivity index (χ2n) is 8.69. The van der Waals surface area contributed by atoms with Crippen molar-refractivity contribution in [1.82, 2.24) is 24.8 Å². The van der Waals surface area contributed by atoms with Gasteiger partial charge >= 0.3 is 0 Å². The number of halogens is 1. The fraction of sp³-hybridized carbons (Fsp3) is 0.360. The van der Waals surface area contributed by atoms with Crippen molar-refractivity contribution in [3.05, 3.63) is 81.6 Å². The van der Waals surface area contributed by atoms with Crippen LogP contribution >= 0.6 is 11.6 Å². The Labute approximate surface area is 203 Å². The Morgan fingerprint density at radius 3 is 2.47 bits per heavy atom. The first-order valence-electron chi connectivity index (χ1n) is 11.4. The van der Waals surface area contributed by atoms with Crippen molar-refractivity contribution in [3.8, 4) is 0 Å². The summed E-state index contributed by atoms with van der Waals surface area (Å²) in [6.45, 7) is 4.72. The molecule has 3 aromatic rings. The van der Waals surface area contributed by atoms with E-state index in [-0.39, 0.29) is 24.5 Å². The predicted octanol–water partition coefficient (Wildman–Crippen LogP) is 3.04. The van der Waals surface area contributed by atoms with Crippen LogP contribution in [0.25, 0.3) is 0 Å². The lowest BCUT2D eigenvalue weighted by molar-refractivity contribution is -0.131. The van der Waals surface area contributed by atoms with Crippen LogP contribution < -0.4 is 0 Å². The first-order chi connectivity index (χ1) is 16.5. The van der Waals surface area contributed by atoms with Gasteiger partial charge in [0.1, 0.15) is 6.10 Å². The number of benzene rings is 2. The molecule has 0 saturated carbocycles. The highest BCUT2D eigenvalue weighted by Crippen LogP contribution is 2.28. The normalized spacial score (nSPS) is 18.0. The van der Waals surface area contributed by atoms with Crippen LogP contribution in [0.1, 0.15) is 39.0 Å². The van der Waals surface area contributed by atoms with Crippen molar-refractivity contribution in [1.29, 1.82) is 0 Å². The van der Waals surface area contributed by atoms with Gasteiger partial charge in [0, 0.05) is 31.2 Å². The maximum Gasteiger partial charge on any atom is 0.276 e. The molecule has 2 aromatic carbocycles. The predicted molar refractivity (Wildman–Crippen MR) is 126 cm³/mol. The van der Waals surface area contributed by atoms with Crippen molar-refractivity contribution < 1.29 is 14.3 Å². The van der Waals surface area contributed by atoms with Gasteiger partial charge in [-0.25, -0.2) is 4.68 Å². The summed E-state index contributed by atoms with van der Waals surface area (Å²) in [5.74, 6) is -0.0788. The number of ether oxygens (including phenoxy) is 1. The molecular formula is C25H26ClN5O3. The summed E-state index contributed by atoms with van der Waals surface area (Å²) in [7, 11) is 0. The molecule has 0 unspecified atom stereocenters. The average Bonchev–Trinajstić information content (AvgIpc) is 3.29. The van der Waals surface area contributed by atoms with Gasteiger partial charge in [0.2, 0.25) is 5.91 Å². The Balaban J connectivity index is 1.19. The number of rotatable bonds is 4. The molecule has 0 spiro atoms. The zero-order valence-electron chi connectivity index (χ0n) is 19.0. The van der Waals surface area contributed by atoms with E-state index < -0.39 is 0 Å². The van der Waals surface area contributed by atoms with Gasteiger partial charge in [0.15, 0.2) is 5.69 Å². The fourth-order valence-corrected chi connectivity index (χ4v) is 4.57. The van der Waals surface area contributed by atoms with E-state index >= 15 is 0 Å². The smallest absolute Gasteiger partial charge is 0.276 e. The van der Waals surface area contributed by atoms with Crippen LogP contribution in [0.4, 0.5) is 0 Å². The molecule has 0 radical (unpaired) electrons. The second-order valence-corrected chi connectivity index (χ2v) is 9.13. The van der Waals surface area contributed by atoms with Gasteiger partial charge < -0.3 is 14.5 Å². The molecule has 176 valence electrons. The lowest BCUT2D eigenvalue weighted by Gasteiger charge is -2.34. The van der Waals surface area contributed by atoms with Gasteiger partial charge in [-0.05, 0) is 35.7 Å². The monoisotopic (exact) mass is 479 g/mol. The number of amides is 2. The number of carbonyl (C=O) groups excluding carboxylic acids is 2. The molecular weight excluding hydrogens is 454 g/mol. The fourth-order valence-electron chi connectivity index (χ4n) is 4.45. The molecule has 3 heterocycles. The second kappa shape index (κ2) is 9.56. The van der Waals surface area contributed by atoms with Crippen molar-refractivity contribution in [2.24, 2.45) is 0 Å². The van der Waals surface area contributed by atoms with Gasteiger partial charge in [-0.2, -0.15) is 0 Å². The molecule has 2 amide bonds. The van der Waals surface area contributed by atoms with E-state index in [1.54, 1.807) is 9.58 Å². The number of aryl methyl sites for hydroxylation is 1. The Morgan fingerprint density at radius 2 is 1.74 bits per heavy atom. The summed E-state index contributed by atoms with van der Waals surface area (Å²) in [6.07, 6.45) is 0.211. The summed E-state index contributed by atoms with van der Waals surface area (Å²) in [6, 6.07) is 15.4. The van der Waals surface area contributed by atoms with E-state index in [0.29, 0.717) is 55.6 Å². The maximum absolute atomic E-state index is 13.2. The van der Waals surface area contributed by atoms with Gasteiger partial charge in [-0.3, -0.25) is 9.59 Å². The SMILES string of the molecule is Cc1ccccc1CC(=O)N1CCN(C(=O)c2nnn3c2CO[C@H](c2ccc(Cl)cc2)C3)CC1. The standard InChI is InChI=1S/C25H26ClN5O3/c1-17-4-2-3-5-19(17)14-23(32)29-10-12-30(13-11-29)25(33)24-21-16-34-22(15-31(21)28-27-24)18-6-8-20(26)9-7-18/h2-9,22H,10-16H2,1H3/t22-/m0/s1. The molecule has 34 heavy (non-hydrogen) atoms. The minimum Gasteiger partial charge on any atom is -0.365 e. The van der Waals surface area contributed by atoms with Crippen molar-refractivity contribution >= 4 is 23.4 Å². The molecule has 0 N–H and O–H groups in total. The van der Waals surface area contributed by atoms with E-state index in [1.165, 1.54) is 0 Å². The van der Waals surface area contributed by atoms with Gasteiger partial charge in [0.25, 0.3) is 5.91 Å². The Morgan fingerprint density at radius 1 is 1.03 bits per heavy atom. The number of hydrogen-bond acceptors (Lipinski definition) is 5. The highest BCUT2D eigenvalue weighted by molar-refractivity contribution is 6.30. The van der Waals surface area contributed by atoms with E-state index in [2.05, 4.69) is 10.3 Å². The molecule has 0 bridgehead atoms. The third-order valence-electron chi connectivity index (χ3n) is 6.56. The number of nitrogens with zero attached hydrogens (tertiary/aromatic N) is 5. The third kappa shape index (κ3) is 4.56.